The van der Waals surface area contributed by atoms with Crippen molar-refractivity contribution < 1.29 is 4.79 Å². The lowest BCUT2D eigenvalue weighted by Gasteiger charge is -2.14. The Kier molecular flexibility index (Phi) is 4.65. The van der Waals surface area contributed by atoms with Gasteiger partial charge in [0.15, 0.2) is 0 Å². The lowest BCUT2D eigenvalue weighted by molar-refractivity contribution is 0.102. The lowest BCUT2D eigenvalue weighted by atomic mass is 10.2. The van der Waals surface area contributed by atoms with E-state index < -0.39 is 0 Å². The first-order valence-electron chi connectivity index (χ1n) is 6.43. The molecule has 0 fully saturated rings. The monoisotopic (exact) mass is 304 g/mol. The molecule has 0 radical (unpaired) electrons. The molecule has 5 nitrogen and oxygen atoms in total. The number of pyridine rings is 1. The summed E-state index contributed by atoms with van der Waals surface area (Å²) in [4.78, 5) is 18.3. The van der Waals surface area contributed by atoms with E-state index in [1.807, 2.05) is 43.3 Å². The summed E-state index contributed by atoms with van der Waals surface area (Å²) < 4.78 is 0. The molecular weight excluding hydrogens is 288 g/mol. The van der Waals surface area contributed by atoms with Crippen LogP contribution in [-0.2, 0) is 0 Å². The van der Waals surface area contributed by atoms with Gasteiger partial charge in [-0.3, -0.25) is 4.79 Å². The van der Waals surface area contributed by atoms with Crippen LogP contribution in [0, 0.1) is 0 Å². The fourth-order valence-corrected chi connectivity index (χ4v) is 2.07. The molecule has 2 N–H and O–H groups in total. The van der Waals surface area contributed by atoms with E-state index in [2.05, 4.69) is 15.6 Å². The van der Waals surface area contributed by atoms with Crippen LogP contribution >= 0.6 is 11.6 Å². The molecule has 2 rings (SSSR count). The highest BCUT2D eigenvalue weighted by molar-refractivity contribution is 6.33. The van der Waals surface area contributed by atoms with Gasteiger partial charge in [-0.15, -0.1) is 0 Å². The zero-order valence-corrected chi connectivity index (χ0v) is 12.9. The number of rotatable bonds is 4. The van der Waals surface area contributed by atoms with Crippen LogP contribution in [0.5, 0.6) is 0 Å². The third-order valence-electron chi connectivity index (χ3n) is 2.96. The first kappa shape index (κ1) is 15.1. The first-order valence-corrected chi connectivity index (χ1v) is 6.81. The Morgan fingerprint density at radius 3 is 2.67 bits per heavy atom. The van der Waals surface area contributed by atoms with Crippen LogP contribution in [0.2, 0.25) is 5.02 Å². The minimum Gasteiger partial charge on any atom is -0.378 e. The smallest absolute Gasteiger partial charge is 0.257 e. The van der Waals surface area contributed by atoms with Crippen molar-refractivity contribution >= 4 is 34.7 Å². The first-order chi connectivity index (χ1) is 10.0. The number of carbonyl (C=O) groups excluding carboxylic acids is 1. The van der Waals surface area contributed by atoms with Gasteiger partial charge in [-0.25, -0.2) is 4.98 Å². The van der Waals surface area contributed by atoms with Gasteiger partial charge in [-0.2, -0.15) is 0 Å². The van der Waals surface area contributed by atoms with Gasteiger partial charge in [0.1, 0.15) is 5.82 Å². The summed E-state index contributed by atoms with van der Waals surface area (Å²) in [6.45, 7) is 0. The van der Waals surface area contributed by atoms with Gasteiger partial charge >= 0.3 is 0 Å². The molecule has 0 saturated carbocycles. The second kappa shape index (κ2) is 6.45. The van der Waals surface area contributed by atoms with Crippen molar-refractivity contribution in [3.05, 3.63) is 47.1 Å². The maximum atomic E-state index is 12.2. The van der Waals surface area contributed by atoms with Crippen LogP contribution in [0.1, 0.15) is 10.4 Å². The Labute approximate surface area is 128 Å². The Hall–Kier alpha value is -2.27. The number of hydrogen-bond acceptors (Lipinski definition) is 4. The molecule has 1 amide bonds. The van der Waals surface area contributed by atoms with Gasteiger partial charge in [0.25, 0.3) is 5.91 Å². The molecule has 6 heteroatoms. The predicted molar refractivity (Wildman–Crippen MR) is 87.5 cm³/mol. The molecule has 0 bridgehead atoms. The topological polar surface area (TPSA) is 57.3 Å². The van der Waals surface area contributed by atoms with E-state index in [0.717, 1.165) is 11.4 Å². The zero-order chi connectivity index (χ0) is 15.4. The molecule has 0 atom stereocenters. The quantitative estimate of drug-likeness (QED) is 0.911. The molecule has 0 spiro atoms. The van der Waals surface area contributed by atoms with Crippen LogP contribution in [-0.4, -0.2) is 32.0 Å². The molecule has 0 aliphatic rings. The molecule has 0 aliphatic heterocycles. The predicted octanol–water partition coefficient (Wildman–Crippen LogP) is 3.10. The molecule has 1 heterocycles. The zero-order valence-electron chi connectivity index (χ0n) is 12.1. The highest BCUT2D eigenvalue weighted by Gasteiger charge is 2.10. The van der Waals surface area contributed by atoms with Crippen molar-refractivity contribution in [2.24, 2.45) is 0 Å². The minimum absolute atomic E-state index is 0.247. The normalized spacial score (nSPS) is 10.1. The molecule has 1 aromatic heterocycles. The number of carbonyl (C=O) groups is 1. The highest BCUT2D eigenvalue weighted by Crippen LogP contribution is 2.21. The van der Waals surface area contributed by atoms with E-state index in [-0.39, 0.29) is 5.91 Å². The van der Waals surface area contributed by atoms with E-state index in [4.69, 9.17) is 11.6 Å². The van der Waals surface area contributed by atoms with Crippen molar-refractivity contribution in [2.45, 2.75) is 0 Å². The van der Waals surface area contributed by atoms with E-state index in [1.165, 1.54) is 6.20 Å². The fourth-order valence-electron chi connectivity index (χ4n) is 1.81. The van der Waals surface area contributed by atoms with Crippen molar-refractivity contribution in [3.63, 3.8) is 0 Å². The average molecular weight is 305 g/mol. The fraction of sp³-hybridized carbons (Fsp3) is 0.200. The van der Waals surface area contributed by atoms with Gasteiger partial charge in [0, 0.05) is 38.7 Å². The Morgan fingerprint density at radius 1 is 1.29 bits per heavy atom. The van der Waals surface area contributed by atoms with Gasteiger partial charge in [-0.1, -0.05) is 17.7 Å². The molecule has 0 saturated heterocycles. The van der Waals surface area contributed by atoms with Crippen LogP contribution in [0.3, 0.4) is 0 Å². The molecule has 1 aromatic carbocycles. The van der Waals surface area contributed by atoms with Crippen LogP contribution in [0.25, 0.3) is 0 Å². The standard InChI is InChI=1S/C15H17ClN4O/c1-17-14-13(16)7-10(9-18-14)15(21)19-11-5-4-6-12(8-11)20(2)3/h4-9H,1-3H3,(H,17,18)(H,19,21). The molecular formula is C15H17ClN4O. The van der Waals surface area contributed by atoms with Crippen molar-refractivity contribution in [1.29, 1.82) is 0 Å². The summed E-state index contributed by atoms with van der Waals surface area (Å²) >= 11 is 6.03. The van der Waals surface area contributed by atoms with Gasteiger partial charge in [-0.05, 0) is 24.3 Å². The maximum absolute atomic E-state index is 12.2. The maximum Gasteiger partial charge on any atom is 0.257 e. The number of benzene rings is 1. The molecule has 0 unspecified atom stereocenters. The van der Waals surface area contributed by atoms with Crippen LogP contribution in [0.15, 0.2) is 36.5 Å². The number of amides is 1. The number of aromatic nitrogens is 1. The second-order valence-corrected chi connectivity index (χ2v) is 5.11. The summed E-state index contributed by atoms with van der Waals surface area (Å²) in [5, 5.41) is 6.09. The van der Waals surface area contributed by atoms with Gasteiger partial charge < -0.3 is 15.5 Å². The summed E-state index contributed by atoms with van der Waals surface area (Å²) in [7, 11) is 5.61. The SMILES string of the molecule is CNc1ncc(C(=O)Nc2cccc(N(C)C)c2)cc1Cl. The summed E-state index contributed by atoms with van der Waals surface area (Å²) in [5.74, 6) is 0.297. The number of hydrogen-bond donors (Lipinski definition) is 2. The van der Waals surface area contributed by atoms with Crippen LogP contribution < -0.4 is 15.5 Å². The van der Waals surface area contributed by atoms with Crippen molar-refractivity contribution in [3.8, 4) is 0 Å². The Balaban J connectivity index is 2.18. The van der Waals surface area contributed by atoms with E-state index >= 15 is 0 Å². The lowest BCUT2D eigenvalue weighted by Crippen LogP contribution is -2.14. The Bertz CT molecular complexity index is 658. The van der Waals surface area contributed by atoms with Gasteiger partial charge in [0.05, 0.1) is 10.6 Å². The minimum atomic E-state index is -0.247. The molecule has 0 aliphatic carbocycles. The summed E-state index contributed by atoms with van der Waals surface area (Å²) in [6, 6.07) is 9.18. The van der Waals surface area contributed by atoms with E-state index in [1.54, 1.807) is 13.1 Å². The van der Waals surface area contributed by atoms with Gasteiger partial charge in [0.2, 0.25) is 0 Å². The molecule has 2 aromatic rings. The number of nitrogens with zero attached hydrogens (tertiary/aromatic N) is 2. The molecule has 21 heavy (non-hydrogen) atoms. The number of anilines is 3. The third-order valence-corrected chi connectivity index (χ3v) is 3.25. The average Bonchev–Trinajstić information content (AvgIpc) is 2.47. The van der Waals surface area contributed by atoms with Crippen molar-refractivity contribution in [1.82, 2.24) is 4.98 Å². The number of halogens is 1. The molecule has 110 valence electrons. The number of nitrogens with one attached hydrogen (secondary N) is 2. The van der Waals surface area contributed by atoms with E-state index in [0.29, 0.717) is 16.4 Å². The second-order valence-electron chi connectivity index (χ2n) is 4.70. The third kappa shape index (κ3) is 3.64. The largest absolute Gasteiger partial charge is 0.378 e. The van der Waals surface area contributed by atoms with Crippen molar-refractivity contribution in [2.75, 3.05) is 36.7 Å². The summed E-state index contributed by atoms with van der Waals surface area (Å²) in [6.07, 6.45) is 1.49. The van der Waals surface area contributed by atoms with Crippen LogP contribution in [0.4, 0.5) is 17.2 Å². The summed E-state index contributed by atoms with van der Waals surface area (Å²) in [5.41, 5.74) is 2.14. The van der Waals surface area contributed by atoms with E-state index in [9.17, 15) is 4.79 Å². The highest BCUT2D eigenvalue weighted by atomic mass is 35.5. The Morgan fingerprint density at radius 2 is 2.05 bits per heavy atom.